The van der Waals surface area contributed by atoms with E-state index >= 15 is 0 Å². The third-order valence-corrected chi connectivity index (χ3v) is 5.98. The minimum Gasteiger partial charge on any atom is -0.321 e. The van der Waals surface area contributed by atoms with Crippen LogP contribution < -0.4 is 10.5 Å². The Morgan fingerprint density at radius 2 is 1.72 bits per heavy atom. The number of nitrogens with two attached hydrogens (primary N) is 1. The number of aromatic nitrogens is 2. The van der Waals surface area contributed by atoms with Crippen LogP contribution in [0.4, 0.5) is 5.69 Å². The topological polar surface area (TPSA) is 107 Å². The fourth-order valence-corrected chi connectivity index (χ4v) is 3.97. The number of primary sulfonamides is 1. The van der Waals surface area contributed by atoms with Gasteiger partial charge in [0, 0.05) is 5.69 Å². The highest BCUT2D eigenvalue weighted by molar-refractivity contribution is 7.89. The standard InChI is InChI=1S/C20H16N4O3S2/c21-29(26,27)16-10-8-14(9-11-16)22-20(25)18-13-17(19-7-4-12-28-19)23-24(18)15-5-2-1-3-6-15/h1-13H,(H,22,25)(H2,21,26,27). The van der Waals surface area contributed by atoms with Gasteiger partial charge < -0.3 is 5.32 Å². The van der Waals surface area contributed by atoms with Crippen molar-refractivity contribution in [2.45, 2.75) is 4.90 Å². The molecule has 0 aliphatic carbocycles. The molecule has 29 heavy (non-hydrogen) atoms. The number of carbonyl (C=O) groups is 1. The van der Waals surface area contributed by atoms with Crippen LogP contribution in [-0.2, 0) is 10.0 Å². The third kappa shape index (κ3) is 4.11. The van der Waals surface area contributed by atoms with E-state index in [2.05, 4.69) is 10.4 Å². The van der Waals surface area contributed by atoms with Gasteiger partial charge in [-0.3, -0.25) is 4.79 Å². The second-order valence-corrected chi connectivity index (χ2v) is 8.67. The van der Waals surface area contributed by atoms with E-state index in [9.17, 15) is 13.2 Å². The van der Waals surface area contributed by atoms with Gasteiger partial charge in [0.05, 0.1) is 15.5 Å². The molecule has 1 amide bonds. The van der Waals surface area contributed by atoms with E-state index in [1.165, 1.54) is 35.6 Å². The molecule has 2 heterocycles. The second-order valence-electron chi connectivity index (χ2n) is 6.16. The van der Waals surface area contributed by atoms with Gasteiger partial charge in [-0.25, -0.2) is 18.2 Å². The van der Waals surface area contributed by atoms with Crippen molar-refractivity contribution in [3.05, 3.63) is 83.9 Å². The molecule has 0 bridgehead atoms. The predicted octanol–water partition coefficient (Wildman–Crippen LogP) is 3.50. The maximum atomic E-state index is 13.0. The van der Waals surface area contributed by atoms with Gasteiger partial charge in [-0.2, -0.15) is 5.10 Å². The maximum Gasteiger partial charge on any atom is 0.274 e. The van der Waals surface area contributed by atoms with Gasteiger partial charge in [0.1, 0.15) is 11.4 Å². The number of hydrogen-bond acceptors (Lipinski definition) is 5. The summed E-state index contributed by atoms with van der Waals surface area (Å²) in [7, 11) is -3.79. The van der Waals surface area contributed by atoms with Crippen molar-refractivity contribution in [1.82, 2.24) is 9.78 Å². The zero-order chi connectivity index (χ0) is 20.4. The number of sulfonamides is 1. The lowest BCUT2D eigenvalue weighted by molar-refractivity contribution is 0.101. The summed E-state index contributed by atoms with van der Waals surface area (Å²) in [5.74, 6) is -0.368. The molecular weight excluding hydrogens is 408 g/mol. The van der Waals surface area contributed by atoms with Crippen molar-refractivity contribution in [2.24, 2.45) is 5.14 Å². The van der Waals surface area contributed by atoms with Crippen molar-refractivity contribution in [3.8, 4) is 16.3 Å². The first kappa shape index (κ1) is 19.1. The zero-order valence-electron chi connectivity index (χ0n) is 15.0. The molecule has 9 heteroatoms. The van der Waals surface area contributed by atoms with Crippen LogP contribution in [0.25, 0.3) is 16.3 Å². The first-order valence-electron chi connectivity index (χ1n) is 8.55. The summed E-state index contributed by atoms with van der Waals surface area (Å²) in [4.78, 5) is 13.9. The van der Waals surface area contributed by atoms with Gasteiger partial charge in [0.15, 0.2) is 0 Å². The lowest BCUT2D eigenvalue weighted by atomic mass is 10.2. The number of benzene rings is 2. The first-order valence-corrected chi connectivity index (χ1v) is 11.0. The Morgan fingerprint density at radius 1 is 1.00 bits per heavy atom. The van der Waals surface area contributed by atoms with Gasteiger partial charge >= 0.3 is 0 Å². The molecule has 4 aromatic rings. The number of rotatable bonds is 5. The largest absolute Gasteiger partial charge is 0.321 e. The van der Waals surface area contributed by atoms with Gasteiger partial charge in [-0.05, 0) is 53.9 Å². The molecular formula is C20H16N4O3S2. The summed E-state index contributed by atoms with van der Waals surface area (Å²) < 4.78 is 24.4. The Kier molecular flexibility index (Phi) is 5.01. The summed E-state index contributed by atoms with van der Waals surface area (Å²) in [6.45, 7) is 0. The van der Waals surface area contributed by atoms with Gasteiger partial charge in [0.2, 0.25) is 10.0 Å². The quantitative estimate of drug-likeness (QED) is 0.511. The average molecular weight is 425 g/mol. The Morgan fingerprint density at radius 3 is 2.34 bits per heavy atom. The van der Waals surface area contributed by atoms with E-state index in [1.807, 2.05) is 47.8 Å². The van der Waals surface area contributed by atoms with Crippen molar-refractivity contribution in [1.29, 1.82) is 0 Å². The molecule has 0 fully saturated rings. The smallest absolute Gasteiger partial charge is 0.274 e. The maximum absolute atomic E-state index is 13.0. The number of nitrogens with zero attached hydrogens (tertiary/aromatic N) is 2. The molecule has 3 N–H and O–H groups in total. The minimum absolute atomic E-state index is 0.0233. The summed E-state index contributed by atoms with van der Waals surface area (Å²) in [6.07, 6.45) is 0. The van der Waals surface area contributed by atoms with Crippen LogP contribution in [0, 0.1) is 0 Å². The highest BCUT2D eigenvalue weighted by Crippen LogP contribution is 2.26. The molecule has 0 radical (unpaired) electrons. The Bertz CT molecular complexity index is 1250. The summed E-state index contributed by atoms with van der Waals surface area (Å²) in [5.41, 5.74) is 2.25. The average Bonchev–Trinajstić information content (AvgIpc) is 3.38. The lowest BCUT2D eigenvalue weighted by Gasteiger charge is -2.08. The van der Waals surface area contributed by atoms with Crippen LogP contribution in [0.1, 0.15) is 10.5 Å². The van der Waals surface area contributed by atoms with Crippen LogP contribution in [0.5, 0.6) is 0 Å². The fraction of sp³-hybridized carbons (Fsp3) is 0. The normalized spacial score (nSPS) is 11.3. The summed E-state index contributed by atoms with van der Waals surface area (Å²) in [5, 5.41) is 14.4. The van der Waals surface area contributed by atoms with Gasteiger partial charge in [0.25, 0.3) is 5.91 Å². The number of carbonyl (C=O) groups excluding carboxylic acids is 1. The number of para-hydroxylation sites is 1. The molecule has 2 aromatic carbocycles. The van der Waals surface area contributed by atoms with Crippen LogP contribution in [-0.4, -0.2) is 24.1 Å². The third-order valence-electron chi connectivity index (χ3n) is 4.16. The van der Waals surface area contributed by atoms with E-state index < -0.39 is 10.0 Å². The lowest BCUT2D eigenvalue weighted by Crippen LogP contribution is -2.17. The zero-order valence-corrected chi connectivity index (χ0v) is 16.7. The fourth-order valence-electron chi connectivity index (χ4n) is 2.78. The Labute approximate surface area is 171 Å². The van der Waals surface area contributed by atoms with Crippen molar-refractivity contribution < 1.29 is 13.2 Å². The van der Waals surface area contributed by atoms with Crippen LogP contribution in [0.2, 0.25) is 0 Å². The molecule has 0 aliphatic rings. The number of amides is 1. The minimum atomic E-state index is -3.79. The Balaban J connectivity index is 1.69. The van der Waals surface area contributed by atoms with E-state index in [-0.39, 0.29) is 10.8 Å². The van der Waals surface area contributed by atoms with E-state index in [0.717, 1.165) is 10.6 Å². The van der Waals surface area contributed by atoms with Crippen molar-refractivity contribution in [2.75, 3.05) is 5.32 Å². The number of thiophene rings is 1. The predicted molar refractivity (Wildman–Crippen MR) is 113 cm³/mol. The first-order chi connectivity index (χ1) is 13.9. The van der Waals surface area contributed by atoms with Gasteiger partial charge in [-0.15, -0.1) is 11.3 Å². The molecule has 0 spiro atoms. The summed E-state index contributed by atoms with van der Waals surface area (Å²) in [6, 6.07) is 20.6. The molecule has 2 aromatic heterocycles. The number of nitrogens with one attached hydrogen (secondary N) is 1. The van der Waals surface area contributed by atoms with Gasteiger partial charge in [-0.1, -0.05) is 24.3 Å². The van der Waals surface area contributed by atoms with E-state index in [1.54, 1.807) is 10.7 Å². The van der Waals surface area contributed by atoms with Crippen molar-refractivity contribution >= 4 is 33.0 Å². The van der Waals surface area contributed by atoms with Crippen LogP contribution >= 0.6 is 11.3 Å². The highest BCUT2D eigenvalue weighted by atomic mass is 32.2. The molecule has 0 saturated heterocycles. The molecule has 146 valence electrons. The number of hydrogen-bond donors (Lipinski definition) is 2. The molecule has 4 rings (SSSR count). The molecule has 0 unspecified atom stereocenters. The van der Waals surface area contributed by atoms with Crippen LogP contribution in [0.3, 0.4) is 0 Å². The second kappa shape index (κ2) is 7.63. The monoisotopic (exact) mass is 424 g/mol. The Hall–Kier alpha value is -3.27. The molecule has 0 saturated carbocycles. The van der Waals surface area contributed by atoms with E-state index in [4.69, 9.17) is 5.14 Å². The van der Waals surface area contributed by atoms with Crippen molar-refractivity contribution in [3.63, 3.8) is 0 Å². The van der Waals surface area contributed by atoms with E-state index in [0.29, 0.717) is 17.1 Å². The molecule has 7 nitrogen and oxygen atoms in total. The van der Waals surface area contributed by atoms with Crippen LogP contribution in [0.15, 0.2) is 83.1 Å². The highest BCUT2D eigenvalue weighted by Gasteiger charge is 2.18. The number of anilines is 1. The SMILES string of the molecule is NS(=O)(=O)c1ccc(NC(=O)c2cc(-c3cccs3)nn2-c2ccccc2)cc1. The summed E-state index contributed by atoms with van der Waals surface area (Å²) >= 11 is 1.54. The molecule has 0 aliphatic heterocycles. The molecule has 0 atom stereocenters.